The minimum absolute atomic E-state index is 0.263. The second kappa shape index (κ2) is 11.7. The zero-order valence-electron chi connectivity index (χ0n) is 19.9. The van der Waals surface area contributed by atoms with Crippen LogP contribution in [0, 0.1) is 5.92 Å². The van der Waals surface area contributed by atoms with Crippen LogP contribution < -0.4 is 5.76 Å². The highest BCUT2D eigenvalue weighted by molar-refractivity contribution is 5.85. The molecule has 4 rings (SSSR count). The molecule has 9 heteroatoms. The molecule has 6 nitrogen and oxygen atoms in total. The van der Waals surface area contributed by atoms with Crippen molar-refractivity contribution in [2.24, 2.45) is 5.92 Å². The molecular weight excluding hydrogens is 473 g/mol. The van der Waals surface area contributed by atoms with Crippen molar-refractivity contribution in [3.8, 4) is 22.5 Å². The van der Waals surface area contributed by atoms with Crippen molar-refractivity contribution in [2.75, 3.05) is 6.61 Å². The Morgan fingerprint density at radius 1 is 1.06 bits per heavy atom. The van der Waals surface area contributed by atoms with E-state index >= 15 is 0 Å². The second-order valence-corrected chi connectivity index (χ2v) is 9.32. The molecule has 2 atom stereocenters. The van der Waals surface area contributed by atoms with Gasteiger partial charge in [-0.15, -0.1) is 0 Å². The number of benzene rings is 2. The fourth-order valence-electron chi connectivity index (χ4n) is 4.83. The molecule has 3 aromatic rings. The number of nitrogens with one attached hydrogen (secondary N) is 1. The first-order valence-corrected chi connectivity index (χ1v) is 12.3. The zero-order valence-corrected chi connectivity index (χ0v) is 19.9. The average molecular weight is 503 g/mol. The summed E-state index contributed by atoms with van der Waals surface area (Å²) < 4.78 is 47.0. The van der Waals surface area contributed by atoms with E-state index in [0.717, 1.165) is 61.6 Å². The molecule has 1 saturated carbocycles. The molecule has 1 aliphatic carbocycles. The number of aromatic amines is 1. The number of alkyl halides is 3. The van der Waals surface area contributed by atoms with E-state index in [-0.39, 0.29) is 6.10 Å². The van der Waals surface area contributed by atoms with Crippen LogP contribution in [-0.2, 0) is 16.0 Å². The lowest BCUT2D eigenvalue weighted by atomic mass is 9.83. The number of carbonyl (C=O) groups is 1. The molecule has 0 spiro atoms. The summed E-state index contributed by atoms with van der Waals surface area (Å²) in [6.07, 6.45) is 2.31. The minimum atomic E-state index is -4.83. The lowest BCUT2D eigenvalue weighted by Crippen LogP contribution is -2.31. The quantitative estimate of drug-likeness (QED) is 0.338. The van der Waals surface area contributed by atoms with Gasteiger partial charge in [0.1, 0.15) is 6.61 Å². The summed E-state index contributed by atoms with van der Waals surface area (Å²) in [6, 6.07) is 16.0. The van der Waals surface area contributed by atoms with E-state index in [1.54, 1.807) is 0 Å². The van der Waals surface area contributed by atoms with Crippen LogP contribution in [0.1, 0.15) is 50.5 Å². The Hall–Kier alpha value is -3.20. The second-order valence-electron chi connectivity index (χ2n) is 9.32. The van der Waals surface area contributed by atoms with Crippen molar-refractivity contribution in [3.05, 3.63) is 64.6 Å². The van der Waals surface area contributed by atoms with E-state index in [1.165, 1.54) is 5.56 Å². The smallest absolute Gasteiger partial charge is 0.370 e. The van der Waals surface area contributed by atoms with Crippen molar-refractivity contribution in [2.45, 2.75) is 63.6 Å². The first kappa shape index (κ1) is 25.9. The summed E-state index contributed by atoms with van der Waals surface area (Å²) in [7, 11) is 0. The van der Waals surface area contributed by atoms with E-state index in [0.29, 0.717) is 18.2 Å². The Morgan fingerprint density at radius 2 is 1.81 bits per heavy atom. The molecule has 0 amide bonds. The molecule has 192 valence electrons. The van der Waals surface area contributed by atoms with Crippen molar-refractivity contribution >= 4 is 5.78 Å². The van der Waals surface area contributed by atoms with E-state index in [9.17, 15) is 22.8 Å². The average Bonchev–Trinajstić information content (AvgIpc) is 3.31. The number of carbonyl (C=O) groups excluding carboxylic acids is 1. The molecule has 1 aromatic heterocycles. The number of ketones is 1. The highest BCUT2D eigenvalue weighted by Gasteiger charge is 2.38. The number of H-pyrrole nitrogens is 1. The number of unbranched alkanes of at least 4 members (excludes halogenated alkanes) is 1. The summed E-state index contributed by atoms with van der Waals surface area (Å²) in [5.41, 5.74) is 3.96. The molecule has 0 saturated heterocycles. The molecule has 0 aliphatic heterocycles. The lowest BCUT2D eigenvalue weighted by molar-refractivity contribution is -0.177. The molecule has 1 N–H and O–H groups in total. The fraction of sp³-hybridized carbons (Fsp3) is 0.444. The maximum Gasteiger partial charge on any atom is 0.452 e. The Bertz CT molecular complexity index is 1200. The van der Waals surface area contributed by atoms with Gasteiger partial charge in [0.15, 0.2) is 5.82 Å². The number of Topliss-reactive ketones (excluding diaryl/α,β-unsaturated/α-hetero) is 1. The van der Waals surface area contributed by atoms with Crippen LogP contribution in [-0.4, -0.2) is 34.8 Å². The number of aryl methyl sites for hydroxylation is 1. The van der Waals surface area contributed by atoms with E-state index in [1.807, 2.05) is 24.3 Å². The van der Waals surface area contributed by atoms with Crippen LogP contribution in [0.3, 0.4) is 0 Å². The predicted octanol–water partition coefficient (Wildman–Crippen LogP) is 6.12. The Balaban J connectivity index is 1.24. The van der Waals surface area contributed by atoms with Crippen LogP contribution >= 0.6 is 0 Å². The SMILES string of the molecule is O=C(COC1CCCC(CCCCc2ccc(-c3ccccc3-c3noc(=O)[nH]3)cc2)C1)C(F)(F)F. The van der Waals surface area contributed by atoms with Gasteiger partial charge in [0.05, 0.1) is 6.10 Å². The summed E-state index contributed by atoms with van der Waals surface area (Å²) >= 11 is 0. The Kier molecular flexibility index (Phi) is 8.40. The lowest BCUT2D eigenvalue weighted by Gasteiger charge is -2.29. The maximum atomic E-state index is 12.4. The Labute approximate surface area is 206 Å². The zero-order chi connectivity index (χ0) is 25.5. The number of hydrogen-bond donors (Lipinski definition) is 1. The number of ether oxygens (including phenoxy) is 1. The Morgan fingerprint density at radius 3 is 2.50 bits per heavy atom. The molecule has 1 aliphatic rings. The third kappa shape index (κ3) is 6.94. The van der Waals surface area contributed by atoms with E-state index < -0.39 is 24.3 Å². The largest absolute Gasteiger partial charge is 0.452 e. The molecule has 1 heterocycles. The van der Waals surface area contributed by atoms with Gasteiger partial charge in [-0.25, -0.2) is 4.79 Å². The van der Waals surface area contributed by atoms with Gasteiger partial charge in [-0.3, -0.25) is 14.3 Å². The first-order valence-electron chi connectivity index (χ1n) is 12.3. The maximum absolute atomic E-state index is 12.4. The summed E-state index contributed by atoms with van der Waals surface area (Å²) in [6.45, 7) is -0.877. The highest BCUT2D eigenvalue weighted by Crippen LogP contribution is 2.32. The van der Waals surface area contributed by atoms with Crippen LogP contribution in [0.25, 0.3) is 22.5 Å². The molecule has 36 heavy (non-hydrogen) atoms. The number of hydrogen-bond acceptors (Lipinski definition) is 5. The van der Waals surface area contributed by atoms with Gasteiger partial charge < -0.3 is 4.74 Å². The van der Waals surface area contributed by atoms with Gasteiger partial charge in [0, 0.05) is 5.56 Å². The van der Waals surface area contributed by atoms with E-state index in [2.05, 4.69) is 38.9 Å². The highest BCUT2D eigenvalue weighted by atomic mass is 19.4. The monoisotopic (exact) mass is 502 g/mol. The summed E-state index contributed by atoms with van der Waals surface area (Å²) in [4.78, 5) is 25.0. The standard InChI is InChI=1S/C27H29F3N2O4/c28-27(29,30)24(33)17-35-21-9-5-8-19(16-21)7-2-1-6-18-12-14-20(15-13-18)22-10-3-4-11-23(22)25-31-26(34)36-32-25/h3-4,10-15,19,21H,1-2,5-9,16-17H2,(H,31,32,34). The molecular formula is C27H29F3N2O4. The van der Waals surface area contributed by atoms with Gasteiger partial charge in [0.2, 0.25) is 0 Å². The molecule has 1 fully saturated rings. The van der Waals surface area contributed by atoms with Crippen molar-refractivity contribution in [1.82, 2.24) is 10.1 Å². The molecule has 0 bridgehead atoms. The third-order valence-electron chi connectivity index (χ3n) is 6.72. The third-order valence-corrected chi connectivity index (χ3v) is 6.72. The topological polar surface area (TPSA) is 85.2 Å². The van der Waals surface area contributed by atoms with Crippen molar-refractivity contribution < 1.29 is 27.2 Å². The van der Waals surface area contributed by atoms with Gasteiger partial charge in [-0.1, -0.05) is 79.4 Å². The van der Waals surface area contributed by atoms with Gasteiger partial charge in [-0.2, -0.15) is 13.2 Å². The van der Waals surface area contributed by atoms with Crippen LogP contribution in [0.15, 0.2) is 57.8 Å². The number of rotatable bonds is 10. The number of aromatic nitrogens is 2. The normalized spacial score (nSPS) is 18.3. The van der Waals surface area contributed by atoms with Crippen molar-refractivity contribution in [3.63, 3.8) is 0 Å². The summed E-state index contributed by atoms with van der Waals surface area (Å²) in [5, 5.41) is 3.80. The van der Waals surface area contributed by atoms with E-state index in [4.69, 9.17) is 4.74 Å². The molecule has 2 aromatic carbocycles. The number of nitrogens with zero attached hydrogens (tertiary/aromatic N) is 1. The van der Waals surface area contributed by atoms with Crippen LogP contribution in [0.2, 0.25) is 0 Å². The van der Waals surface area contributed by atoms with Crippen LogP contribution in [0.5, 0.6) is 0 Å². The molecule has 2 unspecified atom stereocenters. The first-order chi connectivity index (χ1) is 17.3. The van der Waals surface area contributed by atoms with Crippen molar-refractivity contribution in [1.29, 1.82) is 0 Å². The minimum Gasteiger partial charge on any atom is -0.370 e. The predicted molar refractivity (Wildman–Crippen MR) is 128 cm³/mol. The number of halogens is 3. The van der Waals surface area contributed by atoms with Gasteiger partial charge >= 0.3 is 11.9 Å². The summed E-state index contributed by atoms with van der Waals surface area (Å²) in [5.74, 6) is -1.59. The fourth-order valence-corrected chi connectivity index (χ4v) is 4.83. The van der Waals surface area contributed by atoms with Crippen LogP contribution in [0.4, 0.5) is 13.2 Å². The van der Waals surface area contributed by atoms with Gasteiger partial charge in [-0.05, 0) is 48.3 Å². The molecule has 0 radical (unpaired) electrons. The van der Waals surface area contributed by atoms with Gasteiger partial charge in [0.25, 0.3) is 5.78 Å².